The van der Waals surface area contributed by atoms with Crippen molar-refractivity contribution in [2.45, 2.75) is 25.5 Å². The quantitative estimate of drug-likeness (QED) is 0.766. The number of amides is 1. The second-order valence-electron chi connectivity index (χ2n) is 5.69. The van der Waals surface area contributed by atoms with Gasteiger partial charge in [0, 0.05) is 38.2 Å². The number of hydrogen-bond acceptors (Lipinski definition) is 4. The van der Waals surface area contributed by atoms with Gasteiger partial charge in [-0.05, 0) is 19.1 Å². The third-order valence-corrected chi connectivity index (χ3v) is 4.21. The van der Waals surface area contributed by atoms with Gasteiger partial charge in [0.1, 0.15) is 12.1 Å². The fraction of sp³-hybridized carbons (Fsp3) is 0.500. The number of carbonyl (C=O) groups is 2. The van der Waals surface area contributed by atoms with E-state index in [-0.39, 0.29) is 24.0 Å². The molecule has 0 bridgehead atoms. The Balaban J connectivity index is 1.58. The van der Waals surface area contributed by atoms with Crippen LogP contribution in [0.3, 0.4) is 0 Å². The number of benzene rings is 1. The Morgan fingerprint density at radius 3 is 2.38 bits per heavy atom. The molecule has 1 amide bonds. The second kappa shape index (κ2) is 5.85. The SMILES string of the molecule is CC1CC(N2CCN(C(=O)c3ccccc3)CC2)C(=O)O1. The lowest BCUT2D eigenvalue weighted by molar-refractivity contribution is -0.145. The highest BCUT2D eigenvalue weighted by atomic mass is 16.6. The smallest absolute Gasteiger partial charge is 0.323 e. The zero-order valence-electron chi connectivity index (χ0n) is 12.2. The Morgan fingerprint density at radius 2 is 1.81 bits per heavy atom. The van der Waals surface area contributed by atoms with E-state index in [2.05, 4.69) is 4.90 Å². The molecule has 0 aromatic heterocycles. The maximum atomic E-state index is 12.4. The molecule has 2 heterocycles. The summed E-state index contributed by atoms with van der Waals surface area (Å²) in [7, 11) is 0. The number of carbonyl (C=O) groups excluding carboxylic acids is 2. The van der Waals surface area contributed by atoms with Crippen LogP contribution in [0.1, 0.15) is 23.7 Å². The van der Waals surface area contributed by atoms with Gasteiger partial charge >= 0.3 is 5.97 Å². The molecule has 2 unspecified atom stereocenters. The van der Waals surface area contributed by atoms with Crippen molar-refractivity contribution < 1.29 is 14.3 Å². The van der Waals surface area contributed by atoms with E-state index in [1.807, 2.05) is 42.2 Å². The Labute approximate surface area is 124 Å². The van der Waals surface area contributed by atoms with Gasteiger partial charge in [0.15, 0.2) is 0 Å². The lowest BCUT2D eigenvalue weighted by Crippen LogP contribution is -2.53. The summed E-state index contributed by atoms with van der Waals surface area (Å²) in [4.78, 5) is 28.1. The van der Waals surface area contributed by atoms with E-state index >= 15 is 0 Å². The first-order valence-electron chi connectivity index (χ1n) is 7.44. The van der Waals surface area contributed by atoms with Gasteiger partial charge in [0.05, 0.1) is 0 Å². The number of esters is 1. The van der Waals surface area contributed by atoms with Gasteiger partial charge < -0.3 is 9.64 Å². The van der Waals surface area contributed by atoms with E-state index in [4.69, 9.17) is 4.74 Å². The maximum absolute atomic E-state index is 12.4. The van der Waals surface area contributed by atoms with Gasteiger partial charge in [0.25, 0.3) is 5.91 Å². The third-order valence-electron chi connectivity index (χ3n) is 4.21. The van der Waals surface area contributed by atoms with Crippen LogP contribution in [0.25, 0.3) is 0 Å². The Morgan fingerprint density at radius 1 is 1.14 bits per heavy atom. The lowest BCUT2D eigenvalue weighted by Gasteiger charge is -2.36. The van der Waals surface area contributed by atoms with Gasteiger partial charge in [-0.3, -0.25) is 14.5 Å². The second-order valence-corrected chi connectivity index (χ2v) is 5.69. The van der Waals surface area contributed by atoms with Crippen LogP contribution in [0.15, 0.2) is 30.3 Å². The number of piperazine rings is 1. The summed E-state index contributed by atoms with van der Waals surface area (Å²) in [6.45, 7) is 4.70. The molecule has 0 radical (unpaired) electrons. The first-order chi connectivity index (χ1) is 10.1. The highest BCUT2D eigenvalue weighted by molar-refractivity contribution is 5.94. The number of hydrogen-bond donors (Lipinski definition) is 0. The molecule has 21 heavy (non-hydrogen) atoms. The third kappa shape index (κ3) is 2.93. The molecule has 2 aliphatic heterocycles. The normalized spacial score (nSPS) is 26.7. The van der Waals surface area contributed by atoms with E-state index in [0.717, 1.165) is 25.1 Å². The average molecular weight is 288 g/mol. The molecule has 0 aliphatic carbocycles. The first-order valence-corrected chi connectivity index (χ1v) is 7.44. The van der Waals surface area contributed by atoms with E-state index in [1.54, 1.807) is 0 Å². The zero-order chi connectivity index (χ0) is 14.8. The summed E-state index contributed by atoms with van der Waals surface area (Å²) in [5, 5.41) is 0. The molecule has 112 valence electrons. The van der Waals surface area contributed by atoms with Crippen molar-refractivity contribution in [2.24, 2.45) is 0 Å². The lowest BCUT2D eigenvalue weighted by atomic mass is 10.1. The van der Waals surface area contributed by atoms with Crippen LogP contribution >= 0.6 is 0 Å². The maximum Gasteiger partial charge on any atom is 0.323 e. The zero-order valence-corrected chi connectivity index (χ0v) is 12.2. The number of nitrogens with zero attached hydrogens (tertiary/aromatic N) is 2. The summed E-state index contributed by atoms with van der Waals surface area (Å²) in [5.41, 5.74) is 0.722. The molecule has 2 atom stereocenters. The Hall–Kier alpha value is -1.88. The van der Waals surface area contributed by atoms with Crippen LogP contribution in [0.5, 0.6) is 0 Å². The van der Waals surface area contributed by atoms with Crippen molar-refractivity contribution in [3.8, 4) is 0 Å². The van der Waals surface area contributed by atoms with Crippen LogP contribution in [0.2, 0.25) is 0 Å². The number of ether oxygens (including phenoxy) is 1. The van der Waals surface area contributed by atoms with E-state index < -0.39 is 0 Å². The summed E-state index contributed by atoms with van der Waals surface area (Å²) >= 11 is 0. The van der Waals surface area contributed by atoms with Crippen molar-refractivity contribution in [3.63, 3.8) is 0 Å². The molecule has 2 aliphatic rings. The highest BCUT2D eigenvalue weighted by Gasteiger charge is 2.38. The van der Waals surface area contributed by atoms with Crippen LogP contribution in [0.4, 0.5) is 0 Å². The van der Waals surface area contributed by atoms with E-state index in [0.29, 0.717) is 13.1 Å². The summed E-state index contributed by atoms with van der Waals surface area (Å²) in [5.74, 6) is -0.0528. The molecular formula is C16H20N2O3. The molecule has 1 aromatic carbocycles. The molecule has 0 spiro atoms. The van der Waals surface area contributed by atoms with Crippen LogP contribution in [-0.4, -0.2) is 60.0 Å². The molecule has 5 nitrogen and oxygen atoms in total. The van der Waals surface area contributed by atoms with Gasteiger partial charge in [-0.1, -0.05) is 18.2 Å². The van der Waals surface area contributed by atoms with Crippen LogP contribution in [0, 0.1) is 0 Å². The molecule has 5 heteroatoms. The van der Waals surface area contributed by atoms with Gasteiger partial charge in [-0.2, -0.15) is 0 Å². The van der Waals surface area contributed by atoms with Crippen molar-refractivity contribution in [1.29, 1.82) is 0 Å². The summed E-state index contributed by atoms with van der Waals surface area (Å²) in [6, 6.07) is 9.20. The first kappa shape index (κ1) is 14.1. The van der Waals surface area contributed by atoms with Crippen molar-refractivity contribution >= 4 is 11.9 Å². The van der Waals surface area contributed by atoms with Crippen LogP contribution in [-0.2, 0) is 9.53 Å². The predicted molar refractivity (Wildman–Crippen MR) is 77.9 cm³/mol. The van der Waals surface area contributed by atoms with E-state index in [9.17, 15) is 9.59 Å². The molecule has 0 N–H and O–H groups in total. The molecule has 1 aromatic rings. The van der Waals surface area contributed by atoms with Gasteiger partial charge in [0.2, 0.25) is 0 Å². The van der Waals surface area contributed by atoms with Crippen molar-refractivity contribution in [2.75, 3.05) is 26.2 Å². The fourth-order valence-electron chi connectivity index (χ4n) is 3.03. The minimum atomic E-state index is -0.131. The molecule has 3 rings (SSSR count). The Kier molecular flexibility index (Phi) is 3.92. The Bertz CT molecular complexity index is 524. The average Bonchev–Trinajstić information content (AvgIpc) is 2.86. The minimum Gasteiger partial charge on any atom is -0.461 e. The minimum absolute atomic E-state index is 0.00600. The summed E-state index contributed by atoms with van der Waals surface area (Å²) in [6.07, 6.45) is 0.761. The number of cyclic esters (lactones) is 1. The topological polar surface area (TPSA) is 49.9 Å². The molecule has 2 saturated heterocycles. The summed E-state index contributed by atoms with van der Waals surface area (Å²) < 4.78 is 5.21. The highest BCUT2D eigenvalue weighted by Crippen LogP contribution is 2.21. The largest absolute Gasteiger partial charge is 0.461 e. The predicted octanol–water partition coefficient (Wildman–Crippen LogP) is 1.15. The standard InChI is InChI=1S/C16H20N2O3/c1-12-11-14(16(20)21-12)17-7-9-18(10-8-17)15(19)13-5-3-2-4-6-13/h2-6,12,14H,7-11H2,1H3. The van der Waals surface area contributed by atoms with Gasteiger partial charge in [-0.15, -0.1) is 0 Å². The monoisotopic (exact) mass is 288 g/mol. The fourth-order valence-corrected chi connectivity index (χ4v) is 3.03. The van der Waals surface area contributed by atoms with Crippen LogP contribution < -0.4 is 0 Å². The molecular weight excluding hydrogens is 268 g/mol. The van der Waals surface area contributed by atoms with Crippen molar-refractivity contribution in [3.05, 3.63) is 35.9 Å². The van der Waals surface area contributed by atoms with Gasteiger partial charge in [-0.25, -0.2) is 0 Å². The van der Waals surface area contributed by atoms with E-state index in [1.165, 1.54) is 0 Å². The molecule has 0 saturated carbocycles. The molecule has 2 fully saturated rings. The number of rotatable bonds is 2. The van der Waals surface area contributed by atoms with Crippen molar-refractivity contribution in [1.82, 2.24) is 9.80 Å².